The van der Waals surface area contributed by atoms with E-state index in [0.717, 1.165) is 8.95 Å². The predicted molar refractivity (Wildman–Crippen MR) is 84.2 cm³/mol. The van der Waals surface area contributed by atoms with E-state index in [2.05, 4.69) is 45.7 Å². The molecule has 0 unspecified atom stereocenters. The zero-order valence-corrected chi connectivity index (χ0v) is 13.4. The lowest BCUT2D eigenvalue weighted by atomic mass is 10.4. The van der Waals surface area contributed by atoms with E-state index in [1.54, 1.807) is 0 Å². The second-order valence-corrected chi connectivity index (χ2v) is 5.13. The van der Waals surface area contributed by atoms with Crippen molar-refractivity contribution in [1.82, 2.24) is 0 Å². The maximum atomic E-state index is 3.31. The third-order valence-electron chi connectivity index (χ3n) is 1.47. The van der Waals surface area contributed by atoms with Crippen LogP contribution in [0.5, 0.6) is 0 Å². The van der Waals surface area contributed by atoms with E-state index in [4.69, 9.17) is 0 Å². The average molecular weight is 358 g/mol. The molecule has 0 nitrogen and oxygen atoms in total. The Morgan fingerprint density at radius 3 is 1.00 bits per heavy atom. The van der Waals surface area contributed by atoms with Gasteiger partial charge in [-0.05, 0) is 24.3 Å². The van der Waals surface area contributed by atoms with Gasteiger partial charge in [0.05, 0.1) is 0 Å². The Morgan fingerprint density at radius 1 is 0.647 bits per heavy atom. The summed E-state index contributed by atoms with van der Waals surface area (Å²) < 4.78 is 2.27. The first kappa shape index (κ1) is 16.4. The highest BCUT2D eigenvalue weighted by Gasteiger charge is 1.75. The minimum atomic E-state index is 1.13. The quantitative estimate of drug-likeness (QED) is 0.517. The first-order valence-electron chi connectivity index (χ1n) is 5.61. The van der Waals surface area contributed by atoms with Crippen LogP contribution in [0.25, 0.3) is 0 Å². The van der Waals surface area contributed by atoms with Crippen LogP contribution in [0.2, 0.25) is 0 Å². The van der Waals surface area contributed by atoms with Gasteiger partial charge in [0.25, 0.3) is 0 Å². The standard InChI is InChI=1S/2C6H5Br.C3H8/c2*7-6-4-2-1-3-5-6;1-3-2/h2*1-5H;3H2,1-2H3. The van der Waals surface area contributed by atoms with Gasteiger partial charge in [-0.3, -0.25) is 0 Å². The molecule has 0 aromatic heterocycles. The van der Waals surface area contributed by atoms with E-state index in [9.17, 15) is 0 Å². The van der Waals surface area contributed by atoms with Crippen LogP contribution in [0, 0.1) is 0 Å². The molecule has 0 bridgehead atoms. The minimum Gasteiger partial charge on any atom is -0.0656 e. The summed E-state index contributed by atoms with van der Waals surface area (Å²) in [6.07, 6.45) is 1.25. The monoisotopic (exact) mass is 356 g/mol. The second-order valence-electron chi connectivity index (χ2n) is 3.30. The Labute approximate surface area is 121 Å². The highest BCUT2D eigenvalue weighted by molar-refractivity contribution is 9.10. The van der Waals surface area contributed by atoms with E-state index in [-0.39, 0.29) is 0 Å². The van der Waals surface area contributed by atoms with Crippen molar-refractivity contribution in [1.29, 1.82) is 0 Å². The SMILES string of the molecule is Brc1ccccc1.Brc1ccccc1.CCC. The van der Waals surface area contributed by atoms with Crippen LogP contribution >= 0.6 is 31.9 Å². The molecule has 0 heterocycles. The third kappa shape index (κ3) is 11.7. The van der Waals surface area contributed by atoms with Crippen LogP contribution in [0.4, 0.5) is 0 Å². The smallest absolute Gasteiger partial charge is 0.0175 e. The molecule has 17 heavy (non-hydrogen) atoms. The van der Waals surface area contributed by atoms with Crippen molar-refractivity contribution in [3.63, 3.8) is 0 Å². The molecule has 0 aliphatic heterocycles. The first-order valence-corrected chi connectivity index (χ1v) is 7.20. The van der Waals surface area contributed by atoms with Crippen molar-refractivity contribution in [3.05, 3.63) is 69.6 Å². The Balaban J connectivity index is 0.000000247. The summed E-state index contributed by atoms with van der Waals surface area (Å²) in [6.45, 7) is 4.25. The molecule has 0 atom stereocenters. The van der Waals surface area contributed by atoms with Crippen LogP contribution in [0.3, 0.4) is 0 Å². The summed E-state index contributed by atoms with van der Waals surface area (Å²) >= 11 is 6.62. The van der Waals surface area contributed by atoms with Crippen LogP contribution in [0.15, 0.2) is 69.6 Å². The molecule has 0 saturated carbocycles. The van der Waals surface area contributed by atoms with E-state index in [0.29, 0.717) is 0 Å². The number of benzene rings is 2. The zero-order valence-electron chi connectivity index (χ0n) is 10.2. The molecule has 0 saturated heterocycles. The van der Waals surface area contributed by atoms with Gasteiger partial charge in [-0.1, -0.05) is 88.5 Å². The van der Waals surface area contributed by atoms with Gasteiger partial charge >= 0.3 is 0 Å². The normalized spacial score (nSPS) is 8.24. The molecule has 0 spiro atoms. The molecule has 2 rings (SSSR count). The lowest BCUT2D eigenvalue weighted by Crippen LogP contribution is -1.55. The highest BCUT2D eigenvalue weighted by atomic mass is 79.9. The Hall–Kier alpha value is -0.600. The predicted octanol–water partition coefficient (Wildman–Crippen LogP) is 6.31. The number of hydrogen-bond acceptors (Lipinski definition) is 0. The van der Waals surface area contributed by atoms with Crippen LogP contribution in [-0.2, 0) is 0 Å². The van der Waals surface area contributed by atoms with E-state index < -0.39 is 0 Å². The number of hydrogen-bond donors (Lipinski definition) is 0. The van der Waals surface area contributed by atoms with E-state index in [1.165, 1.54) is 6.42 Å². The van der Waals surface area contributed by atoms with Gasteiger partial charge in [0.1, 0.15) is 0 Å². The molecule has 0 aliphatic carbocycles. The van der Waals surface area contributed by atoms with Crippen LogP contribution < -0.4 is 0 Å². The highest BCUT2D eigenvalue weighted by Crippen LogP contribution is 2.05. The molecule has 2 aromatic rings. The summed E-state index contributed by atoms with van der Waals surface area (Å²) in [5.41, 5.74) is 0. The molecule has 0 N–H and O–H groups in total. The van der Waals surface area contributed by atoms with Crippen LogP contribution in [0.1, 0.15) is 20.3 Å². The number of rotatable bonds is 0. The molecular formula is C15H18Br2. The van der Waals surface area contributed by atoms with Gasteiger partial charge in [-0.25, -0.2) is 0 Å². The van der Waals surface area contributed by atoms with Gasteiger partial charge in [0.15, 0.2) is 0 Å². The third-order valence-corrected chi connectivity index (χ3v) is 2.52. The minimum absolute atomic E-state index is 1.13. The van der Waals surface area contributed by atoms with E-state index >= 15 is 0 Å². The topological polar surface area (TPSA) is 0 Å². The molecule has 2 heteroatoms. The lowest BCUT2D eigenvalue weighted by Gasteiger charge is -1.80. The van der Waals surface area contributed by atoms with Crippen molar-refractivity contribution in [2.75, 3.05) is 0 Å². The Morgan fingerprint density at radius 2 is 0.882 bits per heavy atom. The summed E-state index contributed by atoms with van der Waals surface area (Å²) in [6, 6.07) is 19.9. The Kier molecular flexibility index (Phi) is 11.5. The lowest BCUT2D eigenvalue weighted by molar-refractivity contribution is 1.09. The fraction of sp³-hybridized carbons (Fsp3) is 0.200. The fourth-order valence-electron chi connectivity index (χ4n) is 0.829. The maximum absolute atomic E-state index is 3.31. The average Bonchev–Trinajstić information content (AvgIpc) is 2.33. The van der Waals surface area contributed by atoms with Gasteiger partial charge in [0, 0.05) is 8.95 Å². The summed E-state index contributed by atoms with van der Waals surface area (Å²) in [5, 5.41) is 0. The molecule has 92 valence electrons. The number of halogens is 2. The van der Waals surface area contributed by atoms with Gasteiger partial charge < -0.3 is 0 Å². The van der Waals surface area contributed by atoms with Crippen molar-refractivity contribution in [2.45, 2.75) is 20.3 Å². The summed E-state index contributed by atoms with van der Waals surface area (Å²) in [5.74, 6) is 0. The first-order chi connectivity index (χ1) is 8.20. The van der Waals surface area contributed by atoms with Crippen molar-refractivity contribution >= 4 is 31.9 Å². The van der Waals surface area contributed by atoms with Crippen molar-refractivity contribution < 1.29 is 0 Å². The van der Waals surface area contributed by atoms with Crippen molar-refractivity contribution in [3.8, 4) is 0 Å². The fourth-order valence-corrected chi connectivity index (χ4v) is 1.44. The van der Waals surface area contributed by atoms with E-state index in [1.807, 2.05) is 60.7 Å². The van der Waals surface area contributed by atoms with Crippen molar-refractivity contribution in [2.24, 2.45) is 0 Å². The molecular weight excluding hydrogens is 340 g/mol. The summed E-state index contributed by atoms with van der Waals surface area (Å²) in [4.78, 5) is 0. The molecule has 0 radical (unpaired) electrons. The van der Waals surface area contributed by atoms with Gasteiger partial charge in [-0.2, -0.15) is 0 Å². The molecule has 0 fully saturated rings. The second kappa shape index (κ2) is 11.9. The Bertz CT molecular complexity index is 320. The largest absolute Gasteiger partial charge is 0.0656 e. The van der Waals surface area contributed by atoms with Gasteiger partial charge in [-0.15, -0.1) is 0 Å². The maximum Gasteiger partial charge on any atom is 0.0175 e. The van der Waals surface area contributed by atoms with Crippen LogP contribution in [-0.4, -0.2) is 0 Å². The summed E-state index contributed by atoms with van der Waals surface area (Å²) in [7, 11) is 0. The molecule has 0 aliphatic rings. The zero-order chi connectivity index (χ0) is 12.9. The van der Waals surface area contributed by atoms with Gasteiger partial charge in [0.2, 0.25) is 0 Å². The molecule has 2 aromatic carbocycles. The molecule has 0 amide bonds.